The molecule has 7 heteroatoms. The van der Waals surface area contributed by atoms with Gasteiger partial charge in [0.2, 0.25) is 10.0 Å². The Kier molecular flexibility index (Phi) is 7.11. The van der Waals surface area contributed by atoms with Gasteiger partial charge in [0.05, 0.1) is 11.5 Å². The highest BCUT2D eigenvalue weighted by Crippen LogP contribution is 2.23. The first-order valence-electron chi connectivity index (χ1n) is 9.93. The summed E-state index contributed by atoms with van der Waals surface area (Å²) in [5.74, 6) is 2.83. The van der Waals surface area contributed by atoms with E-state index in [1.807, 2.05) is 4.90 Å². The molecule has 2 aliphatic heterocycles. The molecule has 2 fully saturated rings. The van der Waals surface area contributed by atoms with Crippen LogP contribution < -0.4 is 0 Å². The first-order valence-corrected chi connectivity index (χ1v) is 11.4. The van der Waals surface area contributed by atoms with Crippen LogP contribution in [0.15, 0.2) is 29.2 Å². The van der Waals surface area contributed by atoms with E-state index in [2.05, 4.69) is 5.92 Å². The minimum absolute atomic E-state index is 0.0510. The fourth-order valence-electron chi connectivity index (χ4n) is 3.79. The monoisotopic (exact) mass is 404 g/mol. The summed E-state index contributed by atoms with van der Waals surface area (Å²) < 4.78 is 32.4. The van der Waals surface area contributed by atoms with E-state index in [0.717, 1.165) is 32.1 Å². The molecule has 6 nitrogen and oxygen atoms in total. The Morgan fingerprint density at radius 2 is 1.71 bits per heavy atom. The van der Waals surface area contributed by atoms with Gasteiger partial charge in [-0.05, 0) is 55.9 Å². The number of hydrogen-bond acceptors (Lipinski definition) is 4. The summed E-state index contributed by atoms with van der Waals surface area (Å²) in [7, 11) is -3.47. The van der Waals surface area contributed by atoms with Crippen molar-refractivity contribution in [2.45, 2.75) is 37.0 Å². The molecule has 0 radical (unpaired) electrons. The molecule has 0 atom stereocenters. The lowest BCUT2D eigenvalue weighted by Crippen LogP contribution is -2.39. The molecule has 1 aromatic rings. The third-order valence-electron chi connectivity index (χ3n) is 5.49. The molecule has 2 saturated heterocycles. The molecule has 0 bridgehead atoms. The van der Waals surface area contributed by atoms with Crippen molar-refractivity contribution in [2.24, 2.45) is 5.92 Å². The minimum atomic E-state index is -3.47. The number of sulfonamides is 1. The topological polar surface area (TPSA) is 66.9 Å². The zero-order valence-electron chi connectivity index (χ0n) is 16.2. The van der Waals surface area contributed by atoms with Gasteiger partial charge in [-0.3, -0.25) is 4.79 Å². The fourth-order valence-corrected chi connectivity index (χ4v) is 5.31. The number of piperidine rings is 2. The molecule has 0 saturated carbocycles. The molecule has 0 aliphatic carbocycles. The maximum Gasteiger partial charge on any atom is 0.253 e. The Bertz CT molecular complexity index is 800. The summed E-state index contributed by atoms with van der Waals surface area (Å²) in [6, 6.07) is 6.36. The highest BCUT2D eigenvalue weighted by Gasteiger charge is 2.27. The Morgan fingerprint density at radius 1 is 1.07 bits per heavy atom. The number of rotatable bonds is 6. The van der Waals surface area contributed by atoms with Crippen LogP contribution in [0.3, 0.4) is 0 Å². The zero-order chi connectivity index (χ0) is 20.0. The molecular weight excluding hydrogens is 376 g/mol. The molecule has 0 N–H and O–H groups in total. The van der Waals surface area contributed by atoms with Crippen LogP contribution >= 0.6 is 0 Å². The van der Waals surface area contributed by atoms with E-state index in [9.17, 15) is 13.2 Å². The van der Waals surface area contributed by atoms with Crippen molar-refractivity contribution >= 4 is 15.9 Å². The predicted molar refractivity (Wildman–Crippen MR) is 107 cm³/mol. The zero-order valence-corrected chi connectivity index (χ0v) is 17.0. The van der Waals surface area contributed by atoms with E-state index < -0.39 is 10.0 Å². The van der Waals surface area contributed by atoms with Gasteiger partial charge in [-0.25, -0.2) is 8.42 Å². The van der Waals surface area contributed by atoms with E-state index in [1.54, 1.807) is 28.6 Å². The number of carbonyl (C=O) groups is 1. The number of likely N-dealkylation sites (tertiary alicyclic amines) is 1. The first kappa shape index (κ1) is 20.8. The van der Waals surface area contributed by atoms with Crippen molar-refractivity contribution in [2.75, 3.05) is 39.4 Å². The summed E-state index contributed by atoms with van der Waals surface area (Å²) in [4.78, 5) is 14.8. The van der Waals surface area contributed by atoms with Gasteiger partial charge < -0.3 is 9.64 Å². The van der Waals surface area contributed by atoms with Gasteiger partial charge in [-0.1, -0.05) is 12.3 Å². The summed E-state index contributed by atoms with van der Waals surface area (Å²) in [5.41, 5.74) is 0.527. The Hall–Kier alpha value is -1.88. The van der Waals surface area contributed by atoms with Crippen molar-refractivity contribution in [1.29, 1.82) is 0 Å². The largest absolute Gasteiger partial charge is 0.369 e. The fraction of sp³-hybridized carbons (Fsp3) is 0.571. The SMILES string of the molecule is C#CCOCC1CCN(C(=O)c2ccc(S(=O)(=O)N3CCCCC3)cc2)CC1. The van der Waals surface area contributed by atoms with E-state index in [4.69, 9.17) is 11.2 Å². The van der Waals surface area contributed by atoms with Gasteiger partial charge in [-0.2, -0.15) is 4.31 Å². The lowest BCUT2D eigenvalue weighted by atomic mass is 9.97. The summed E-state index contributed by atoms with van der Waals surface area (Å²) >= 11 is 0. The number of carbonyl (C=O) groups excluding carboxylic acids is 1. The van der Waals surface area contributed by atoms with Crippen LogP contribution in [0.5, 0.6) is 0 Å². The molecule has 1 amide bonds. The van der Waals surface area contributed by atoms with E-state index >= 15 is 0 Å². The molecule has 0 spiro atoms. The number of terminal acetylenes is 1. The predicted octanol–water partition coefficient (Wildman–Crippen LogP) is 2.36. The molecular formula is C21H28N2O4S. The minimum Gasteiger partial charge on any atom is -0.369 e. The van der Waals surface area contributed by atoms with E-state index in [1.165, 1.54) is 0 Å². The van der Waals surface area contributed by atoms with E-state index in [0.29, 0.717) is 50.9 Å². The third kappa shape index (κ3) is 4.93. The molecule has 3 rings (SSSR count). The van der Waals surface area contributed by atoms with Crippen LogP contribution in [0.2, 0.25) is 0 Å². The van der Waals surface area contributed by atoms with Crippen LogP contribution in [0, 0.1) is 18.3 Å². The molecule has 28 heavy (non-hydrogen) atoms. The molecule has 152 valence electrons. The van der Waals surface area contributed by atoms with E-state index in [-0.39, 0.29) is 10.8 Å². The smallest absolute Gasteiger partial charge is 0.253 e. The quantitative estimate of drug-likeness (QED) is 0.539. The summed E-state index contributed by atoms with van der Waals surface area (Å²) in [5, 5.41) is 0. The molecule has 1 aromatic carbocycles. The Balaban J connectivity index is 1.58. The number of nitrogens with zero attached hydrogens (tertiary/aromatic N) is 2. The highest BCUT2D eigenvalue weighted by atomic mass is 32.2. The maximum absolute atomic E-state index is 12.7. The lowest BCUT2D eigenvalue weighted by molar-refractivity contribution is 0.0582. The Labute approximate surface area is 167 Å². The normalized spacial score (nSPS) is 19.3. The number of hydrogen-bond donors (Lipinski definition) is 0. The van der Waals surface area contributed by atoms with Gasteiger partial charge in [0.15, 0.2) is 0 Å². The van der Waals surface area contributed by atoms with Crippen molar-refractivity contribution in [3.05, 3.63) is 29.8 Å². The lowest BCUT2D eigenvalue weighted by Gasteiger charge is -2.32. The van der Waals surface area contributed by atoms with Crippen LogP contribution in [0.1, 0.15) is 42.5 Å². The summed E-state index contributed by atoms with van der Waals surface area (Å²) in [6.07, 6.45) is 9.84. The third-order valence-corrected chi connectivity index (χ3v) is 7.41. The molecule has 2 heterocycles. The van der Waals surface area contributed by atoms with Gasteiger partial charge in [0.25, 0.3) is 5.91 Å². The van der Waals surface area contributed by atoms with Gasteiger partial charge in [-0.15, -0.1) is 6.42 Å². The number of ether oxygens (including phenoxy) is 1. The number of benzene rings is 1. The van der Waals surface area contributed by atoms with Crippen LogP contribution in [0.4, 0.5) is 0 Å². The number of amides is 1. The van der Waals surface area contributed by atoms with Crippen LogP contribution in [-0.4, -0.2) is 62.9 Å². The maximum atomic E-state index is 12.7. The second kappa shape index (κ2) is 9.55. The Morgan fingerprint density at radius 3 is 2.32 bits per heavy atom. The first-order chi connectivity index (χ1) is 13.5. The van der Waals surface area contributed by atoms with Gasteiger partial charge in [0.1, 0.15) is 6.61 Å². The average molecular weight is 405 g/mol. The van der Waals surface area contributed by atoms with Crippen molar-refractivity contribution in [1.82, 2.24) is 9.21 Å². The summed E-state index contributed by atoms with van der Waals surface area (Å²) in [6.45, 7) is 3.46. The highest BCUT2D eigenvalue weighted by molar-refractivity contribution is 7.89. The van der Waals surface area contributed by atoms with Crippen molar-refractivity contribution < 1.29 is 17.9 Å². The molecule has 0 aromatic heterocycles. The standard InChI is InChI=1S/C21H28N2O4S/c1-2-16-27-17-18-10-14-22(15-11-18)21(24)19-6-8-20(9-7-19)28(25,26)23-12-4-3-5-13-23/h1,6-9,18H,3-5,10-17H2. The second-order valence-corrected chi connectivity index (χ2v) is 9.38. The van der Waals surface area contributed by atoms with Crippen molar-refractivity contribution in [3.8, 4) is 12.3 Å². The second-order valence-electron chi connectivity index (χ2n) is 7.44. The van der Waals surface area contributed by atoms with Crippen LogP contribution in [0.25, 0.3) is 0 Å². The van der Waals surface area contributed by atoms with Crippen molar-refractivity contribution in [3.63, 3.8) is 0 Å². The average Bonchev–Trinajstić information content (AvgIpc) is 2.75. The molecule has 0 unspecified atom stereocenters. The van der Waals surface area contributed by atoms with Gasteiger partial charge >= 0.3 is 0 Å². The van der Waals surface area contributed by atoms with Crippen LogP contribution in [-0.2, 0) is 14.8 Å². The molecule has 2 aliphatic rings. The van der Waals surface area contributed by atoms with Gasteiger partial charge in [0, 0.05) is 31.7 Å².